The lowest BCUT2D eigenvalue weighted by molar-refractivity contribution is -0.133. The molecule has 25 heavy (non-hydrogen) atoms. The van der Waals surface area contributed by atoms with E-state index in [2.05, 4.69) is 58.0 Å². The lowest BCUT2D eigenvalue weighted by Crippen LogP contribution is -2.11. The smallest absolute Gasteiger partial charge is 0.323 e. The van der Waals surface area contributed by atoms with E-state index in [1.807, 2.05) is 0 Å². The van der Waals surface area contributed by atoms with Gasteiger partial charge in [-0.3, -0.25) is 4.79 Å². The number of ether oxygens (including phenoxy) is 1. The minimum absolute atomic E-state index is 0.136. The van der Waals surface area contributed by atoms with Crippen molar-refractivity contribution in [3.63, 3.8) is 0 Å². The zero-order chi connectivity index (χ0) is 18.0. The average molecular weight is 336 g/mol. The van der Waals surface area contributed by atoms with Gasteiger partial charge in [-0.25, -0.2) is 0 Å². The molecule has 132 valence electrons. The number of carbonyl (C=O) groups is 1. The Balaban J connectivity index is 2.08. The van der Waals surface area contributed by atoms with Gasteiger partial charge in [0, 0.05) is 5.56 Å². The summed E-state index contributed by atoms with van der Waals surface area (Å²) in [7, 11) is 0. The fourth-order valence-corrected chi connectivity index (χ4v) is 3.65. The molecule has 1 aliphatic heterocycles. The molecule has 2 nitrogen and oxygen atoms in total. The number of carbonyl (C=O) groups excluding carboxylic acids is 1. The van der Waals surface area contributed by atoms with E-state index in [9.17, 15) is 4.79 Å². The quantitative estimate of drug-likeness (QED) is 0.503. The van der Waals surface area contributed by atoms with Crippen molar-refractivity contribution < 1.29 is 9.53 Å². The Morgan fingerprint density at radius 2 is 1.76 bits per heavy atom. The summed E-state index contributed by atoms with van der Waals surface area (Å²) in [5.74, 6) is 0.394. The molecule has 1 atom stereocenters. The second kappa shape index (κ2) is 7.43. The van der Waals surface area contributed by atoms with Crippen LogP contribution in [-0.4, -0.2) is 5.97 Å². The first-order valence-electron chi connectivity index (χ1n) is 9.49. The molecule has 0 N–H and O–H groups in total. The fraction of sp³-hybridized carbons (Fsp3) is 0.435. The number of hydrogen-bond acceptors (Lipinski definition) is 2. The molecule has 3 rings (SSSR count). The van der Waals surface area contributed by atoms with Crippen molar-refractivity contribution in [2.75, 3.05) is 0 Å². The summed E-state index contributed by atoms with van der Waals surface area (Å²) in [5, 5.41) is 0. The fourth-order valence-electron chi connectivity index (χ4n) is 3.65. The highest BCUT2D eigenvalue weighted by atomic mass is 16.5. The second-order valence-corrected chi connectivity index (χ2v) is 7.22. The van der Waals surface area contributed by atoms with Crippen molar-refractivity contribution in [1.82, 2.24) is 0 Å². The van der Waals surface area contributed by atoms with Gasteiger partial charge in [0.1, 0.15) is 11.7 Å². The molecule has 2 heteroatoms. The van der Waals surface area contributed by atoms with Gasteiger partial charge in [0.15, 0.2) is 0 Å². The van der Waals surface area contributed by atoms with Gasteiger partial charge in [0.05, 0.1) is 0 Å². The molecule has 0 aliphatic carbocycles. The van der Waals surface area contributed by atoms with Crippen LogP contribution in [0.1, 0.15) is 72.4 Å². The average Bonchev–Trinajstić information content (AvgIpc) is 2.92. The van der Waals surface area contributed by atoms with E-state index >= 15 is 0 Å². The molecular weight excluding hydrogens is 308 g/mol. The minimum Gasteiger partial charge on any atom is -0.425 e. The Morgan fingerprint density at radius 1 is 0.960 bits per heavy atom. The first-order valence-corrected chi connectivity index (χ1v) is 9.49. The number of fused-ring (bicyclic) bond motifs is 1. The lowest BCUT2D eigenvalue weighted by atomic mass is 9.87. The van der Waals surface area contributed by atoms with Crippen LogP contribution in [0.2, 0.25) is 0 Å². The van der Waals surface area contributed by atoms with Gasteiger partial charge in [-0.05, 0) is 60.9 Å². The van der Waals surface area contributed by atoms with Crippen LogP contribution < -0.4 is 4.74 Å². The Hall–Kier alpha value is -2.09. The van der Waals surface area contributed by atoms with Gasteiger partial charge in [-0.2, -0.15) is 0 Å². The third kappa shape index (κ3) is 3.49. The largest absolute Gasteiger partial charge is 0.425 e. The topological polar surface area (TPSA) is 26.3 Å². The lowest BCUT2D eigenvalue weighted by Gasteiger charge is -2.13. The molecule has 0 fully saturated rings. The van der Waals surface area contributed by atoms with E-state index in [4.69, 9.17) is 4.74 Å². The number of aryl methyl sites for hydroxylation is 4. The van der Waals surface area contributed by atoms with E-state index in [1.54, 1.807) is 0 Å². The molecule has 1 heterocycles. The highest BCUT2D eigenvalue weighted by molar-refractivity contribution is 5.90. The minimum atomic E-state index is -0.286. The van der Waals surface area contributed by atoms with Crippen molar-refractivity contribution in [2.24, 2.45) is 0 Å². The molecule has 0 spiro atoms. The van der Waals surface area contributed by atoms with Crippen LogP contribution in [0.3, 0.4) is 0 Å². The SMILES string of the molecule is CCCCc1cc(CCC)c2c(c1)C(c1ccc(C)c(C)c1)C(=O)O2. The molecule has 0 aromatic heterocycles. The molecule has 1 unspecified atom stereocenters. The standard InChI is InChI=1S/C23H28O2/c1-5-7-9-17-13-19(8-6-2)22-20(14-17)21(23(24)25-22)18-11-10-15(3)16(4)12-18/h10-14,21H,5-9H2,1-4H3. The summed E-state index contributed by atoms with van der Waals surface area (Å²) in [6, 6.07) is 10.8. The predicted molar refractivity (Wildman–Crippen MR) is 102 cm³/mol. The summed E-state index contributed by atoms with van der Waals surface area (Å²) < 4.78 is 5.75. The highest BCUT2D eigenvalue weighted by Crippen LogP contribution is 2.43. The predicted octanol–water partition coefficient (Wildman–Crippen LogP) is 5.65. The Labute approximate surface area is 151 Å². The highest BCUT2D eigenvalue weighted by Gasteiger charge is 2.36. The van der Waals surface area contributed by atoms with Gasteiger partial charge < -0.3 is 4.74 Å². The Morgan fingerprint density at radius 3 is 2.44 bits per heavy atom. The third-order valence-corrected chi connectivity index (χ3v) is 5.21. The summed E-state index contributed by atoms with van der Waals surface area (Å²) in [4.78, 5) is 12.7. The summed E-state index contributed by atoms with van der Waals surface area (Å²) in [5.41, 5.74) is 7.09. The molecule has 2 aromatic rings. The van der Waals surface area contributed by atoms with E-state index in [-0.39, 0.29) is 11.9 Å². The molecule has 0 saturated carbocycles. The van der Waals surface area contributed by atoms with Gasteiger partial charge in [0.25, 0.3) is 0 Å². The zero-order valence-electron chi connectivity index (χ0n) is 15.8. The van der Waals surface area contributed by atoms with Crippen molar-refractivity contribution in [3.05, 3.63) is 63.7 Å². The zero-order valence-corrected chi connectivity index (χ0v) is 15.8. The van der Waals surface area contributed by atoms with Crippen molar-refractivity contribution in [1.29, 1.82) is 0 Å². The number of unbranched alkanes of at least 4 members (excludes halogenated alkanes) is 1. The number of rotatable bonds is 6. The van der Waals surface area contributed by atoms with Gasteiger partial charge in [-0.1, -0.05) is 57.0 Å². The van der Waals surface area contributed by atoms with Crippen molar-refractivity contribution in [3.8, 4) is 5.75 Å². The maximum Gasteiger partial charge on any atom is 0.323 e. The Kier molecular flexibility index (Phi) is 5.27. The van der Waals surface area contributed by atoms with Crippen molar-refractivity contribution in [2.45, 2.75) is 65.7 Å². The number of benzene rings is 2. The van der Waals surface area contributed by atoms with Crippen LogP contribution in [0.25, 0.3) is 0 Å². The van der Waals surface area contributed by atoms with E-state index in [0.717, 1.165) is 36.1 Å². The maximum absolute atomic E-state index is 12.7. The summed E-state index contributed by atoms with van der Waals surface area (Å²) in [6.07, 6.45) is 5.42. The monoisotopic (exact) mass is 336 g/mol. The normalized spacial score (nSPS) is 16.0. The second-order valence-electron chi connectivity index (χ2n) is 7.22. The van der Waals surface area contributed by atoms with Crippen LogP contribution >= 0.6 is 0 Å². The number of esters is 1. The molecule has 2 aromatic carbocycles. The molecule has 0 bridgehead atoms. The van der Waals surface area contributed by atoms with Gasteiger partial charge in [0.2, 0.25) is 0 Å². The molecule has 0 radical (unpaired) electrons. The molecule has 1 aliphatic rings. The Bertz CT molecular complexity index is 789. The van der Waals surface area contributed by atoms with E-state index in [1.165, 1.54) is 35.1 Å². The van der Waals surface area contributed by atoms with Gasteiger partial charge >= 0.3 is 5.97 Å². The van der Waals surface area contributed by atoms with Crippen LogP contribution in [0.5, 0.6) is 5.75 Å². The number of hydrogen-bond donors (Lipinski definition) is 0. The molecule has 0 saturated heterocycles. The van der Waals surface area contributed by atoms with Crippen LogP contribution in [-0.2, 0) is 17.6 Å². The van der Waals surface area contributed by atoms with E-state index < -0.39 is 0 Å². The van der Waals surface area contributed by atoms with E-state index in [0.29, 0.717) is 0 Å². The summed E-state index contributed by atoms with van der Waals surface area (Å²) >= 11 is 0. The first kappa shape index (κ1) is 17.7. The van der Waals surface area contributed by atoms with Crippen LogP contribution in [0, 0.1) is 13.8 Å². The summed E-state index contributed by atoms with van der Waals surface area (Å²) in [6.45, 7) is 8.58. The van der Waals surface area contributed by atoms with Gasteiger partial charge in [-0.15, -0.1) is 0 Å². The maximum atomic E-state index is 12.7. The van der Waals surface area contributed by atoms with Crippen molar-refractivity contribution >= 4 is 5.97 Å². The van der Waals surface area contributed by atoms with Crippen LogP contribution in [0.4, 0.5) is 0 Å². The molecular formula is C23H28O2. The third-order valence-electron chi connectivity index (χ3n) is 5.21. The first-order chi connectivity index (χ1) is 12.0. The van der Waals surface area contributed by atoms with Crippen LogP contribution in [0.15, 0.2) is 30.3 Å². The molecule has 0 amide bonds.